The van der Waals surface area contributed by atoms with Gasteiger partial charge in [0.25, 0.3) is 0 Å². The molecule has 0 saturated carbocycles. The third-order valence-electron chi connectivity index (χ3n) is 4.79. The smallest absolute Gasteiger partial charge is 0.156 e. The average Bonchev–Trinajstić information content (AvgIpc) is 2.71. The van der Waals surface area contributed by atoms with Crippen molar-refractivity contribution in [2.45, 2.75) is 32.3 Å². The Kier molecular flexibility index (Phi) is 8.92. The molecule has 0 aliphatic rings. The quantitative estimate of drug-likeness (QED) is 0.474. The van der Waals surface area contributed by atoms with Crippen LogP contribution in [0, 0.1) is 5.92 Å². The van der Waals surface area contributed by atoms with Crippen LogP contribution < -0.4 is 15.2 Å². The molecule has 0 unspecified atom stereocenters. The lowest BCUT2D eigenvalue weighted by Gasteiger charge is -2.27. The maximum Gasteiger partial charge on any atom is 0.156 e. The zero-order valence-corrected chi connectivity index (χ0v) is 19.2. The molecule has 2 rings (SSSR count). The van der Waals surface area contributed by atoms with Crippen LogP contribution in [0.4, 0.5) is 0 Å². The second-order valence-electron chi connectivity index (χ2n) is 7.69. The number of aliphatic hydroxyl groups is 1. The molecule has 0 radical (unpaired) electrons. The highest BCUT2D eigenvalue weighted by Gasteiger charge is 2.26. The van der Waals surface area contributed by atoms with Gasteiger partial charge in [-0.2, -0.15) is 0 Å². The third-order valence-corrected chi connectivity index (χ3v) is 5.87. The van der Waals surface area contributed by atoms with E-state index < -0.39 is 6.10 Å². The Morgan fingerprint density at radius 1 is 1.00 bits per heavy atom. The maximum absolute atomic E-state index is 9.52. The lowest BCUT2D eigenvalue weighted by atomic mass is 9.78. The Labute approximate surface area is 187 Å². The second-order valence-corrected chi connectivity index (χ2v) is 8.81. The Balaban J connectivity index is 2.19. The molecule has 4 nitrogen and oxygen atoms in total. The fourth-order valence-corrected chi connectivity index (χ4v) is 3.41. The first kappa shape index (κ1) is 24.1. The zero-order valence-electron chi connectivity index (χ0n) is 16.9. The van der Waals surface area contributed by atoms with Crippen molar-refractivity contribution in [1.82, 2.24) is 0 Å². The van der Waals surface area contributed by atoms with Crippen LogP contribution in [-0.4, -0.2) is 36.8 Å². The zero-order chi connectivity index (χ0) is 21.6. The predicted molar refractivity (Wildman–Crippen MR) is 121 cm³/mol. The Morgan fingerprint density at radius 2 is 1.59 bits per heavy atom. The molecule has 0 aliphatic carbocycles. The van der Waals surface area contributed by atoms with Crippen molar-refractivity contribution in [3.05, 3.63) is 57.6 Å². The van der Waals surface area contributed by atoms with E-state index in [-0.39, 0.29) is 24.5 Å². The number of nitrogens with two attached hydrogens (primary N) is 1. The summed E-state index contributed by atoms with van der Waals surface area (Å²) in [6.07, 6.45) is -0.677. The summed E-state index contributed by atoms with van der Waals surface area (Å²) in [5, 5.41) is 10.5. The molecule has 0 amide bonds. The lowest BCUT2D eigenvalue weighted by Crippen LogP contribution is -2.26. The molecule has 0 fully saturated rings. The van der Waals surface area contributed by atoms with Crippen LogP contribution in [0.1, 0.15) is 31.9 Å². The largest absolute Gasteiger partial charge is 0.491 e. The first-order valence-corrected chi connectivity index (χ1v) is 10.8. The van der Waals surface area contributed by atoms with Gasteiger partial charge in [0.1, 0.15) is 18.5 Å². The summed E-state index contributed by atoms with van der Waals surface area (Å²) in [7, 11) is 0. The lowest BCUT2D eigenvalue weighted by molar-refractivity contribution is 0.114. The summed E-state index contributed by atoms with van der Waals surface area (Å²) >= 11 is 18.8. The van der Waals surface area contributed by atoms with E-state index in [1.54, 1.807) is 0 Å². The van der Waals surface area contributed by atoms with Gasteiger partial charge in [-0.05, 0) is 35.4 Å². The summed E-state index contributed by atoms with van der Waals surface area (Å²) in [4.78, 5) is 0. The molecular weight excluding hydrogens is 433 g/mol. The maximum atomic E-state index is 9.52. The fourth-order valence-electron chi connectivity index (χ4n) is 2.72. The van der Waals surface area contributed by atoms with Gasteiger partial charge in [0.2, 0.25) is 0 Å². The van der Waals surface area contributed by atoms with Crippen LogP contribution in [0.2, 0.25) is 10.0 Å². The second kappa shape index (κ2) is 10.7. The first-order chi connectivity index (χ1) is 13.7. The summed E-state index contributed by atoms with van der Waals surface area (Å²) < 4.78 is 11.3. The molecule has 2 atom stereocenters. The minimum atomic E-state index is -0.677. The van der Waals surface area contributed by atoms with Gasteiger partial charge >= 0.3 is 0 Å². The molecule has 0 bridgehead atoms. The Morgan fingerprint density at radius 3 is 2.10 bits per heavy atom. The van der Waals surface area contributed by atoms with Gasteiger partial charge in [0.15, 0.2) is 5.75 Å². The number of rotatable bonds is 10. The molecule has 2 aromatic rings. The minimum Gasteiger partial charge on any atom is -0.491 e. The van der Waals surface area contributed by atoms with Gasteiger partial charge in [-0.25, -0.2) is 0 Å². The van der Waals surface area contributed by atoms with Crippen molar-refractivity contribution in [3.63, 3.8) is 0 Å². The molecule has 0 saturated heterocycles. The van der Waals surface area contributed by atoms with Crippen molar-refractivity contribution < 1.29 is 14.6 Å². The van der Waals surface area contributed by atoms with E-state index in [1.165, 1.54) is 0 Å². The molecule has 2 aromatic carbocycles. The van der Waals surface area contributed by atoms with Gasteiger partial charge in [-0.1, -0.05) is 56.1 Å². The number of hydrogen-bond donors (Lipinski definition) is 2. The summed E-state index contributed by atoms with van der Waals surface area (Å²) in [5.74, 6) is 1.86. The third kappa shape index (κ3) is 6.40. The number of halogens is 3. The minimum absolute atomic E-state index is 0.161. The summed E-state index contributed by atoms with van der Waals surface area (Å²) in [6.45, 7) is 6.96. The number of ether oxygens (including phenoxy) is 2. The Hall–Kier alpha value is -1.17. The highest BCUT2D eigenvalue weighted by atomic mass is 35.5. The van der Waals surface area contributed by atoms with E-state index >= 15 is 0 Å². The van der Waals surface area contributed by atoms with Crippen molar-refractivity contribution in [2.75, 3.05) is 25.6 Å². The molecule has 0 heterocycles. The van der Waals surface area contributed by atoms with Crippen LogP contribution >= 0.6 is 34.8 Å². The first-order valence-electron chi connectivity index (χ1n) is 9.48. The molecule has 3 N–H and O–H groups in total. The summed E-state index contributed by atoms with van der Waals surface area (Å²) in [5.41, 5.74) is 7.09. The number of alkyl halides is 1. The van der Waals surface area contributed by atoms with Crippen molar-refractivity contribution in [2.24, 2.45) is 11.7 Å². The van der Waals surface area contributed by atoms with E-state index in [9.17, 15) is 5.11 Å². The van der Waals surface area contributed by atoms with Crippen LogP contribution in [0.5, 0.6) is 11.5 Å². The highest BCUT2D eigenvalue weighted by molar-refractivity contribution is 6.37. The van der Waals surface area contributed by atoms with Crippen molar-refractivity contribution >= 4 is 34.8 Å². The van der Waals surface area contributed by atoms with E-state index in [4.69, 9.17) is 50.0 Å². The average molecular weight is 461 g/mol. The molecule has 0 spiro atoms. The van der Waals surface area contributed by atoms with Crippen molar-refractivity contribution in [3.8, 4) is 11.5 Å². The van der Waals surface area contributed by atoms with E-state index in [2.05, 4.69) is 13.8 Å². The highest BCUT2D eigenvalue weighted by Crippen LogP contribution is 2.40. The molecule has 29 heavy (non-hydrogen) atoms. The molecule has 7 heteroatoms. The topological polar surface area (TPSA) is 64.7 Å². The van der Waals surface area contributed by atoms with Gasteiger partial charge < -0.3 is 20.3 Å². The predicted octanol–water partition coefficient (Wildman–Crippen LogP) is 5.27. The van der Waals surface area contributed by atoms with Crippen LogP contribution in [0.3, 0.4) is 0 Å². The van der Waals surface area contributed by atoms with E-state index in [1.807, 2.05) is 43.3 Å². The number of hydrogen-bond acceptors (Lipinski definition) is 4. The van der Waals surface area contributed by atoms with Gasteiger partial charge in [-0.15, -0.1) is 11.6 Å². The van der Waals surface area contributed by atoms with Crippen LogP contribution in [-0.2, 0) is 5.41 Å². The molecule has 0 aliphatic heterocycles. The van der Waals surface area contributed by atoms with E-state index in [0.29, 0.717) is 34.0 Å². The van der Waals surface area contributed by atoms with E-state index in [0.717, 1.165) is 11.1 Å². The SMILES string of the molecule is C[C@@H](CCl)COc1c(Cl)cc(C(C)(C)c2ccc(OC[C@@H](O)CN)cc2)cc1Cl. The van der Waals surface area contributed by atoms with Crippen LogP contribution in [0.25, 0.3) is 0 Å². The van der Waals surface area contributed by atoms with Crippen molar-refractivity contribution in [1.29, 1.82) is 0 Å². The number of aliphatic hydroxyl groups excluding tert-OH is 1. The van der Waals surface area contributed by atoms with Gasteiger partial charge in [-0.3, -0.25) is 0 Å². The van der Waals surface area contributed by atoms with Gasteiger partial charge in [0.05, 0.1) is 16.7 Å². The molecule has 160 valence electrons. The standard InChI is InChI=1S/C22H28Cl3NO3/c1-14(10-23)12-29-21-19(24)8-16(9-20(21)25)22(2,3)15-4-6-18(7-5-15)28-13-17(27)11-26/h4-9,14,17,27H,10-13,26H2,1-3H3/t14-,17-/m0/s1. The number of benzene rings is 2. The van der Waals surface area contributed by atoms with Gasteiger partial charge in [0, 0.05) is 23.8 Å². The monoisotopic (exact) mass is 459 g/mol. The molecular formula is C22H28Cl3NO3. The molecule has 0 aromatic heterocycles. The normalized spacial score (nSPS) is 13.8. The summed E-state index contributed by atoms with van der Waals surface area (Å²) in [6, 6.07) is 11.5. The Bertz CT molecular complexity index is 773. The fraction of sp³-hybridized carbons (Fsp3) is 0.455. The van der Waals surface area contributed by atoms with Crippen LogP contribution in [0.15, 0.2) is 36.4 Å².